The molecule has 0 aliphatic carbocycles. The van der Waals surface area contributed by atoms with E-state index in [0.717, 1.165) is 103 Å². The van der Waals surface area contributed by atoms with E-state index in [0.29, 0.717) is 17.4 Å². The van der Waals surface area contributed by atoms with E-state index in [2.05, 4.69) is 141 Å². The number of phosphoric ester groups is 1. The van der Waals surface area contributed by atoms with Crippen LogP contribution in [0.1, 0.15) is 206 Å². The predicted octanol–water partition coefficient (Wildman–Crippen LogP) is 16.9. The van der Waals surface area contributed by atoms with Gasteiger partial charge in [-0.15, -0.1) is 0 Å². The molecule has 0 radical (unpaired) electrons. The highest BCUT2D eigenvalue weighted by atomic mass is 31.2. The van der Waals surface area contributed by atoms with Gasteiger partial charge >= 0.3 is 0 Å². The molecule has 0 bridgehead atoms. The number of likely N-dealkylation sites (N-methyl/N-ethyl adjacent to an activating group) is 1. The molecule has 0 aromatic carbocycles. The number of unbranched alkanes of at least 4 members (excludes halogenated alkanes) is 17. The van der Waals surface area contributed by atoms with Crippen LogP contribution in [-0.2, 0) is 18.4 Å². The SMILES string of the molecule is CC/C=C\C/C=C\C/C=C\C/C=C\C/C=C\C/C=C\C/C=C\C/C=C\CCCCCCCCCCCCCCC(=O)NC(COP(=O)([O-])OCC[N+](C)(C)C)C(O)/C=C/CC/C=C/CC/C=C/CCCCC. The number of carbonyl (C=O) groups excluding carboxylic acids is 1. The molecule has 3 unspecified atom stereocenters. The van der Waals surface area contributed by atoms with Gasteiger partial charge in [0, 0.05) is 6.42 Å². The zero-order valence-corrected chi connectivity index (χ0v) is 47.5. The Morgan fingerprint density at radius 3 is 1.29 bits per heavy atom. The molecule has 3 atom stereocenters. The van der Waals surface area contributed by atoms with Crippen molar-refractivity contribution in [2.24, 2.45) is 0 Å². The van der Waals surface area contributed by atoms with E-state index in [1.807, 2.05) is 27.2 Å². The van der Waals surface area contributed by atoms with Crippen molar-refractivity contribution in [2.45, 2.75) is 219 Å². The average molecular weight is 1020 g/mol. The third kappa shape index (κ3) is 54.4. The first-order chi connectivity index (χ1) is 35.0. The molecular weight excluding hydrogens is 912 g/mol. The lowest BCUT2D eigenvalue weighted by Gasteiger charge is -2.29. The smallest absolute Gasteiger partial charge is 0.268 e. The number of aliphatic hydroxyl groups is 1. The first-order valence-electron chi connectivity index (χ1n) is 28.5. The van der Waals surface area contributed by atoms with Crippen LogP contribution in [0.5, 0.6) is 0 Å². The van der Waals surface area contributed by atoms with Gasteiger partial charge in [-0.2, -0.15) is 0 Å². The van der Waals surface area contributed by atoms with Gasteiger partial charge in [0.05, 0.1) is 39.9 Å². The van der Waals surface area contributed by atoms with Gasteiger partial charge in [0.25, 0.3) is 7.82 Å². The summed E-state index contributed by atoms with van der Waals surface area (Å²) in [5, 5.41) is 13.8. The molecule has 9 heteroatoms. The molecule has 410 valence electrons. The molecule has 0 heterocycles. The third-order valence-corrected chi connectivity index (χ3v) is 12.8. The predicted molar refractivity (Wildman–Crippen MR) is 311 cm³/mol. The molecular formula is C63H107N2O6P. The van der Waals surface area contributed by atoms with Crippen LogP contribution in [0.15, 0.2) is 134 Å². The molecule has 0 fully saturated rings. The molecule has 0 rings (SSSR count). The quantitative estimate of drug-likeness (QED) is 0.0272. The van der Waals surface area contributed by atoms with E-state index in [9.17, 15) is 19.4 Å². The second kappa shape index (κ2) is 52.5. The summed E-state index contributed by atoms with van der Waals surface area (Å²) in [4.78, 5) is 25.4. The second-order valence-electron chi connectivity index (χ2n) is 19.9. The summed E-state index contributed by atoms with van der Waals surface area (Å²) in [6, 6.07) is -0.918. The Hall–Kier alpha value is -3.36. The number of hydrogen-bond donors (Lipinski definition) is 2. The van der Waals surface area contributed by atoms with Crippen molar-refractivity contribution in [3.8, 4) is 0 Å². The van der Waals surface area contributed by atoms with Gasteiger partial charge in [-0.3, -0.25) is 9.36 Å². The van der Waals surface area contributed by atoms with Crippen LogP contribution in [0.2, 0.25) is 0 Å². The number of rotatable bonds is 50. The highest BCUT2D eigenvalue weighted by molar-refractivity contribution is 7.45. The summed E-state index contributed by atoms with van der Waals surface area (Å²) < 4.78 is 23.2. The Labute approximate surface area is 443 Å². The molecule has 0 saturated carbocycles. The molecule has 0 aliphatic rings. The fourth-order valence-electron chi connectivity index (χ4n) is 7.38. The molecule has 0 saturated heterocycles. The number of carbonyl (C=O) groups is 1. The molecule has 72 heavy (non-hydrogen) atoms. The van der Waals surface area contributed by atoms with E-state index >= 15 is 0 Å². The molecule has 0 aromatic heterocycles. The fraction of sp³-hybridized carbons (Fsp3) is 0.635. The maximum absolute atomic E-state index is 12.9. The minimum absolute atomic E-state index is 0.0155. The number of amides is 1. The largest absolute Gasteiger partial charge is 0.756 e. The van der Waals surface area contributed by atoms with Crippen molar-refractivity contribution in [3.63, 3.8) is 0 Å². The Bertz CT molecular complexity index is 1630. The molecule has 0 aliphatic heterocycles. The standard InChI is InChI=1S/C63H107N2O6P/c1-6-8-10-12-14-16-18-20-21-22-23-24-25-26-27-28-29-30-31-32-33-34-35-36-37-38-39-40-41-42-43-45-47-49-51-53-55-57-63(67)64-61(60-71-72(68,69)70-59-58-65(3,4)5)62(66)56-54-52-50-48-46-44-19-17-15-13-11-9-7-2/h8,10,14-17,20-21,23-24,26-27,29-30,32-33,35-36,46,48,54,56,61-62,66H,6-7,9,11-13,18-19,22,25,28,31,34,37-45,47,49-53,55,57-60H2,1-5H3,(H-,64,67,68,69)/b10-8-,16-14-,17-15+,21-20-,24-23-,27-26-,30-29-,33-32-,36-35-,48-46+,56-54+. The minimum Gasteiger partial charge on any atom is -0.756 e. The van der Waals surface area contributed by atoms with Crippen molar-refractivity contribution >= 4 is 13.7 Å². The van der Waals surface area contributed by atoms with Crippen molar-refractivity contribution in [2.75, 3.05) is 40.9 Å². The summed E-state index contributed by atoms with van der Waals surface area (Å²) in [5.41, 5.74) is 0. The van der Waals surface area contributed by atoms with Gasteiger partial charge < -0.3 is 28.8 Å². The van der Waals surface area contributed by atoms with Crippen LogP contribution in [0.25, 0.3) is 0 Å². The maximum Gasteiger partial charge on any atom is 0.268 e. The summed E-state index contributed by atoms with van der Waals surface area (Å²) >= 11 is 0. The number of phosphoric acid groups is 1. The van der Waals surface area contributed by atoms with Crippen LogP contribution in [0, 0.1) is 0 Å². The maximum atomic E-state index is 12.9. The lowest BCUT2D eigenvalue weighted by Crippen LogP contribution is -2.45. The molecule has 8 nitrogen and oxygen atoms in total. The second-order valence-corrected chi connectivity index (χ2v) is 21.3. The van der Waals surface area contributed by atoms with Gasteiger partial charge in [-0.25, -0.2) is 0 Å². The summed E-state index contributed by atoms with van der Waals surface area (Å²) in [6.45, 7) is 4.45. The van der Waals surface area contributed by atoms with E-state index in [-0.39, 0.29) is 12.5 Å². The molecule has 0 aromatic rings. The van der Waals surface area contributed by atoms with Crippen LogP contribution >= 0.6 is 7.82 Å². The lowest BCUT2D eigenvalue weighted by molar-refractivity contribution is -0.870. The van der Waals surface area contributed by atoms with E-state index in [1.54, 1.807) is 6.08 Å². The monoisotopic (exact) mass is 1020 g/mol. The van der Waals surface area contributed by atoms with Crippen molar-refractivity contribution in [1.82, 2.24) is 5.32 Å². The van der Waals surface area contributed by atoms with Crippen LogP contribution in [0.3, 0.4) is 0 Å². The summed E-state index contributed by atoms with van der Waals surface area (Å²) in [7, 11) is 1.22. The van der Waals surface area contributed by atoms with Gasteiger partial charge in [0.1, 0.15) is 13.2 Å². The van der Waals surface area contributed by atoms with Gasteiger partial charge in [0.15, 0.2) is 0 Å². The Morgan fingerprint density at radius 1 is 0.500 bits per heavy atom. The summed E-state index contributed by atoms with van der Waals surface area (Å²) in [5.74, 6) is -0.221. The highest BCUT2D eigenvalue weighted by Crippen LogP contribution is 2.38. The number of hydrogen-bond acceptors (Lipinski definition) is 6. The average Bonchev–Trinajstić information content (AvgIpc) is 3.34. The van der Waals surface area contributed by atoms with Crippen molar-refractivity contribution < 1.29 is 32.9 Å². The van der Waals surface area contributed by atoms with Crippen molar-refractivity contribution in [3.05, 3.63) is 134 Å². The molecule has 0 spiro atoms. The summed E-state index contributed by atoms with van der Waals surface area (Å²) in [6.07, 6.45) is 79.7. The highest BCUT2D eigenvalue weighted by Gasteiger charge is 2.23. The van der Waals surface area contributed by atoms with Gasteiger partial charge in [-0.05, 0) is 109 Å². The first-order valence-corrected chi connectivity index (χ1v) is 30.0. The first kappa shape index (κ1) is 68.6. The number of quaternary nitrogens is 1. The van der Waals surface area contributed by atoms with Crippen molar-refractivity contribution in [1.29, 1.82) is 0 Å². The number of allylic oxidation sites excluding steroid dienone is 21. The Balaban J connectivity index is 4.12. The third-order valence-electron chi connectivity index (χ3n) is 11.8. The topological polar surface area (TPSA) is 108 Å². The van der Waals surface area contributed by atoms with Gasteiger partial charge in [0.2, 0.25) is 5.91 Å². The number of nitrogens with one attached hydrogen (secondary N) is 1. The van der Waals surface area contributed by atoms with E-state index in [4.69, 9.17) is 9.05 Å². The number of aliphatic hydroxyl groups excluding tert-OH is 1. The number of nitrogens with zero attached hydrogens (tertiary/aromatic N) is 1. The zero-order valence-electron chi connectivity index (χ0n) is 46.6. The van der Waals surface area contributed by atoms with E-state index < -0.39 is 26.6 Å². The normalized spacial score (nSPS) is 14.9. The molecule has 2 N–H and O–H groups in total. The van der Waals surface area contributed by atoms with Crippen LogP contribution in [-0.4, -0.2) is 68.5 Å². The zero-order chi connectivity index (χ0) is 52.7. The molecule has 1 amide bonds. The Morgan fingerprint density at radius 2 is 0.861 bits per heavy atom. The Kier molecular flexibility index (Phi) is 50.1. The van der Waals surface area contributed by atoms with Crippen LogP contribution < -0.4 is 10.2 Å². The minimum atomic E-state index is -4.61. The lowest BCUT2D eigenvalue weighted by atomic mass is 10.0. The van der Waals surface area contributed by atoms with Gasteiger partial charge in [-0.1, -0.05) is 225 Å². The van der Waals surface area contributed by atoms with E-state index in [1.165, 1.54) is 83.5 Å². The van der Waals surface area contributed by atoms with Crippen LogP contribution in [0.4, 0.5) is 0 Å². The fourth-order valence-corrected chi connectivity index (χ4v) is 8.10.